The number of carbonyl (C=O) groups excluding carboxylic acids is 2. The van der Waals surface area contributed by atoms with Crippen molar-refractivity contribution in [3.63, 3.8) is 0 Å². The number of amides is 1. The van der Waals surface area contributed by atoms with Crippen LogP contribution in [0, 0.1) is 6.92 Å². The molecule has 1 aromatic heterocycles. The molecule has 8 heteroatoms. The molecule has 0 fully saturated rings. The summed E-state index contributed by atoms with van der Waals surface area (Å²) in [5.74, 6) is 0.228. The van der Waals surface area contributed by atoms with E-state index in [0.717, 1.165) is 5.56 Å². The maximum Gasteiger partial charge on any atom is 0.340 e. The van der Waals surface area contributed by atoms with Gasteiger partial charge in [0.2, 0.25) is 6.10 Å². The van der Waals surface area contributed by atoms with Crippen LogP contribution >= 0.6 is 11.6 Å². The van der Waals surface area contributed by atoms with Crippen LogP contribution < -0.4 is 14.9 Å². The molecule has 0 saturated heterocycles. The third-order valence-corrected chi connectivity index (χ3v) is 5.16. The molecule has 2 heterocycles. The van der Waals surface area contributed by atoms with Crippen LogP contribution in [-0.4, -0.2) is 35.9 Å². The number of ether oxygens (including phenoxy) is 3. The quantitative estimate of drug-likeness (QED) is 0.601. The van der Waals surface area contributed by atoms with E-state index in [4.69, 9.17) is 25.8 Å². The molecule has 0 saturated carbocycles. The van der Waals surface area contributed by atoms with Gasteiger partial charge in [-0.3, -0.25) is 14.9 Å². The zero-order chi connectivity index (χ0) is 22.0. The Labute approximate surface area is 184 Å². The highest BCUT2D eigenvalue weighted by Gasteiger charge is 2.29. The SMILES string of the molecule is CCOC(=O)c1cc(-c2ccc(Cl)cc2)n(NC(=O)[C@@H]2COc3ccccc3O2)c1C. The van der Waals surface area contributed by atoms with Crippen molar-refractivity contribution in [2.75, 3.05) is 18.6 Å². The van der Waals surface area contributed by atoms with Gasteiger partial charge in [0.05, 0.1) is 23.6 Å². The summed E-state index contributed by atoms with van der Waals surface area (Å²) in [5.41, 5.74) is 5.12. The van der Waals surface area contributed by atoms with Crippen molar-refractivity contribution in [3.8, 4) is 22.8 Å². The van der Waals surface area contributed by atoms with Crippen molar-refractivity contribution >= 4 is 23.5 Å². The lowest BCUT2D eigenvalue weighted by molar-refractivity contribution is -0.126. The van der Waals surface area contributed by atoms with Crippen molar-refractivity contribution in [2.45, 2.75) is 20.0 Å². The second-order valence-corrected chi connectivity index (χ2v) is 7.37. The van der Waals surface area contributed by atoms with Gasteiger partial charge in [-0.15, -0.1) is 0 Å². The van der Waals surface area contributed by atoms with E-state index in [0.29, 0.717) is 33.5 Å². The summed E-state index contributed by atoms with van der Waals surface area (Å²) in [6.07, 6.45) is -0.846. The van der Waals surface area contributed by atoms with E-state index in [2.05, 4.69) is 5.43 Å². The highest BCUT2D eigenvalue weighted by atomic mass is 35.5. The number of esters is 1. The molecule has 0 radical (unpaired) electrons. The first-order valence-electron chi connectivity index (χ1n) is 9.82. The predicted octanol–water partition coefficient (Wildman–Crippen LogP) is 4.20. The maximum absolute atomic E-state index is 13.0. The van der Waals surface area contributed by atoms with E-state index in [9.17, 15) is 9.59 Å². The molecule has 1 amide bonds. The second kappa shape index (κ2) is 8.73. The number of para-hydroxylation sites is 2. The average molecular weight is 441 g/mol. The van der Waals surface area contributed by atoms with Crippen molar-refractivity contribution in [1.29, 1.82) is 0 Å². The van der Waals surface area contributed by atoms with E-state index in [-0.39, 0.29) is 13.2 Å². The Morgan fingerprint density at radius 2 is 1.87 bits per heavy atom. The minimum absolute atomic E-state index is 0.0736. The molecule has 1 atom stereocenters. The monoisotopic (exact) mass is 440 g/mol. The van der Waals surface area contributed by atoms with Gasteiger partial charge in [0, 0.05) is 10.6 Å². The summed E-state index contributed by atoms with van der Waals surface area (Å²) >= 11 is 6.01. The summed E-state index contributed by atoms with van der Waals surface area (Å²) in [6, 6.07) is 16.0. The standard InChI is InChI=1S/C23H21ClN2O5/c1-3-29-23(28)17-12-18(15-8-10-16(24)11-9-15)26(14(17)2)25-22(27)21-13-30-19-6-4-5-7-20(19)31-21/h4-12,21H,3,13H2,1-2H3,(H,25,27)/t21-/m0/s1. The van der Waals surface area contributed by atoms with Gasteiger partial charge in [-0.05, 0) is 44.2 Å². The molecule has 31 heavy (non-hydrogen) atoms. The first kappa shape index (κ1) is 20.8. The molecular formula is C23H21ClN2O5. The van der Waals surface area contributed by atoms with Gasteiger partial charge in [-0.25, -0.2) is 4.79 Å². The van der Waals surface area contributed by atoms with Gasteiger partial charge in [-0.2, -0.15) is 0 Å². The fourth-order valence-corrected chi connectivity index (χ4v) is 3.46. The third-order valence-electron chi connectivity index (χ3n) is 4.91. The van der Waals surface area contributed by atoms with Gasteiger partial charge in [0.1, 0.15) is 6.61 Å². The van der Waals surface area contributed by atoms with Crippen molar-refractivity contribution in [3.05, 3.63) is 70.9 Å². The number of rotatable bonds is 5. The molecule has 2 aromatic carbocycles. The Morgan fingerprint density at radius 3 is 2.58 bits per heavy atom. The molecule has 0 spiro atoms. The zero-order valence-corrected chi connectivity index (χ0v) is 17.8. The highest BCUT2D eigenvalue weighted by molar-refractivity contribution is 6.30. The minimum Gasteiger partial charge on any atom is -0.485 e. The van der Waals surface area contributed by atoms with Gasteiger partial charge in [0.15, 0.2) is 11.5 Å². The molecule has 0 bridgehead atoms. The fraction of sp³-hybridized carbons (Fsp3) is 0.217. The summed E-state index contributed by atoms with van der Waals surface area (Å²) < 4.78 is 18.2. The Morgan fingerprint density at radius 1 is 1.16 bits per heavy atom. The van der Waals surface area contributed by atoms with Crippen LogP contribution in [0.25, 0.3) is 11.3 Å². The number of aromatic nitrogens is 1. The normalized spacial score (nSPS) is 14.7. The smallest absolute Gasteiger partial charge is 0.340 e. The lowest BCUT2D eigenvalue weighted by Gasteiger charge is -2.26. The van der Waals surface area contributed by atoms with E-state index in [1.807, 2.05) is 24.3 Å². The lowest BCUT2D eigenvalue weighted by atomic mass is 10.1. The van der Waals surface area contributed by atoms with Crippen LogP contribution in [0.5, 0.6) is 11.5 Å². The number of benzene rings is 2. The highest BCUT2D eigenvalue weighted by Crippen LogP contribution is 2.31. The van der Waals surface area contributed by atoms with E-state index in [1.165, 1.54) is 0 Å². The predicted molar refractivity (Wildman–Crippen MR) is 116 cm³/mol. The number of carbonyl (C=O) groups is 2. The summed E-state index contributed by atoms with van der Waals surface area (Å²) in [5, 5.41) is 0.583. The molecule has 0 aliphatic carbocycles. The Kier molecular flexibility index (Phi) is 5.86. The minimum atomic E-state index is -0.846. The molecule has 1 aliphatic heterocycles. The third kappa shape index (κ3) is 4.22. The van der Waals surface area contributed by atoms with Crippen LogP contribution in [0.2, 0.25) is 5.02 Å². The average Bonchev–Trinajstić information content (AvgIpc) is 3.10. The van der Waals surface area contributed by atoms with Crippen molar-refractivity contribution in [1.82, 2.24) is 4.68 Å². The topological polar surface area (TPSA) is 78.8 Å². The number of nitrogens with one attached hydrogen (secondary N) is 1. The first-order valence-corrected chi connectivity index (χ1v) is 10.2. The summed E-state index contributed by atoms with van der Waals surface area (Å²) in [6.45, 7) is 3.80. The second-order valence-electron chi connectivity index (χ2n) is 6.93. The zero-order valence-electron chi connectivity index (χ0n) is 17.1. The van der Waals surface area contributed by atoms with Crippen LogP contribution in [-0.2, 0) is 9.53 Å². The fourth-order valence-electron chi connectivity index (χ4n) is 3.33. The molecule has 1 N–H and O–H groups in total. The number of nitrogens with zero attached hydrogens (tertiary/aromatic N) is 1. The van der Waals surface area contributed by atoms with Crippen LogP contribution in [0.1, 0.15) is 23.0 Å². The molecular weight excluding hydrogens is 420 g/mol. The molecule has 3 aromatic rings. The van der Waals surface area contributed by atoms with E-state index >= 15 is 0 Å². The molecule has 4 rings (SSSR count). The molecule has 0 unspecified atom stereocenters. The van der Waals surface area contributed by atoms with E-state index < -0.39 is 18.0 Å². The van der Waals surface area contributed by atoms with Gasteiger partial charge >= 0.3 is 5.97 Å². The number of hydrogen-bond donors (Lipinski definition) is 1. The number of halogens is 1. The Balaban J connectivity index is 1.65. The number of hydrogen-bond acceptors (Lipinski definition) is 5. The summed E-state index contributed by atoms with van der Waals surface area (Å²) in [7, 11) is 0. The lowest BCUT2D eigenvalue weighted by Crippen LogP contribution is -2.43. The molecule has 1 aliphatic rings. The molecule has 160 valence electrons. The summed E-state index contributed by atoms with van der Waals surface area (Å²) in [4.78, 5) is 25.4. The largest absolute Gasteiger partial charge is 0.485 e. The Hall–Kier alpha value is -3.45. The van der Waals surface area contributed by atoms with Crippen LogP contribution in [0.15, 0.2) is 54.6 Å². The first-order chi connectivity index (χ1) is 15.0. The molecule has 7 nitrogen and oxygen atoms in total. The van der Waals surface area contributed by atoms with Gasteiger partial charge in [-0.1, -0.05) is 35.9 Å². The van der Waals surface area contributed by atoms with E-state index in [1.54, 1.807) is 48.9 Å². The van der Waals surface area contributed by atoms with Gasteiger partial charge in [0.25, 0.3) is 5.91 Å². The van der Waals surface area contributed by atoms with Gasteiger partial charge < -0.3 is 14.2 Å². The maximum atomic E-state index is 13.0. The van der Waals surface area contributed by atoms with Crippen LogP contribution in [0.3, 0.4) is 0 Å². The van der Waals surface area contributed by atoms with Crippen LogP contribution in [0.4, 0.5) is 0 Å². The van der Waals surface area contributed by atoms with Crippen molar-refractivity contribution in [2.24, 2.45) is 0 Å². The Bertz CT molecular complexity index is 1120. The van der Waals surface area contributed by atoms with Crippen molar-refractivity contribution < 1.29 is 23.8 Å². The number of fused-ring (bicyclic) bond motifs is 1.